The Morgan fingerprint density at radius 3 is 2.50 bits per heavy atom. The van der Waals surface area contributed by atoms with Gasteiger partial charge in [-0.15, -0.1) is 0 Å². The Hall–Kier alpha value is -1.10. The fourth-order valence-electron chi connectivity index (χ4n) is 2.34. The van der Waals surface area contributed by atoms with Gasteiger partial charge in [-0.3, -0.25) is 9.69 Å². The number of amides is 1. The van der Waals surface area contributed by atoms with Gasteiger partial charge in [-0.25, -0.2) is 0 Å². The molecule has 0 aromatic heterocycles. The number of hydrogen-bond donors (Lipinski definition) is 1. The number of likely N-dealkylation sites (N-methyl/N-ethyl adjacent to an activating group) is 1. The van der Waals surface area contributed by atoms with Crippen molar-refractivity contribution in [2.75, 3.05) is 44.6 Å². The van der Waals surface area contributed by atoms with Crippen molar-refractivity contribution in [2.24, 2.45) is 0 Å². The van der Waals surface area contributed by atoms with Gasteiger partial charge >= 0.3 is 0 Å². The van der Waals surface area contributed by atoms with E-state index >= 15 is 0 Å². The van der Waals surface area contributed by atoms with E-state index in [4.69, 9.17) is 11.6 Å². The number of nitrogens with zero attached hydrogens (tertiary/aromatic N) is 2. The van der Waals surface area contributed by atoms with Gasteiger partial charge in [0.15, 0.2) is 0 Å². The fourth-order valence-corrected chi connectivity index (χ4v) is 2.52. The average molecular weight is 296 g/mol. The molecule has 5 heteroatoms. The number of hydrogen-bond acceptors (Lipinski definition) is 3. The zero-order chi connectivity index (χ0) is 14.5. The van der Waals surface area contributed by atoms with Crippen LogP contribution in [-0.4, -0.2) is 55.0 Å². The summed E-state index contributed by atoms with van der Waals surface area (Å²) in [5, 5.41) is 3.58. The van der Waals surface area contributed by atoms with Gasteiger partial charge in [0.1, 0.15) is 0 Å². The molecule has 2 rings (SSSR count). The van der Waals surface area contributed by atoms with Gasteiger partial charge < -0.3 is 10.2 Å². The van der Waals surface area contributed by atoms with Crippen molar-refractivity contribution in [3.63, 3.8) is 0 Å². The molecule has 0 spiro atoms. The second-order valence-electron chi connectivity index (χ2n) is 5.22. The summed E-state index contributed by atoms with van der Waals surface area (Å²) in [7, 11) is 0. The van der Waals surface area contributed by atoms with Crippen LogP contribution in [0.25, 0.3) is 0 Å². The first-order valence-corrected chi connectivity index (χ1v) is 7.47. The molecule has 0 saturated carbocycles. The van der Waals surface area contributed by atoms with Crippen LogP contribution >= 0.6 is 11.6 Å². The largest absolute Gasteiger partial charge is 0.325 e. The lowest BCUT2D eigenvalue weighted by atomic mass is 10.2. The number of halogens is 1. The molecule has 1 aliphatic rings. The molecule has 0 bridgehead atoms. The molecule has 0 aliphatic carbocycles. The van der Waals surface area contributed by atoms with Crippen LogP contribution in [0, 0.1) is 6.92 Å². The number of piperazine rings is 1. The second kappa shape index (κ2) is 7.07. The maximum atomic E-state index is 12.0. The van der Waals surface area contributed by atoms with E-state index in [-0.39, 0.29) is 5.91 Å². The molecule has 0 atom stereocenters. The average Bonchev–Trinajstić information content (AvgIpc) is 2.44. The van der Waals surface area contributed by atoms with E-state index in [0.29, 0.717) is 11.6 Å². The summed E-state index contributed by atoms with van der Waals surface area (Å²) in [5.41, 5.74) is 1.78. The van der Waals surface area contributed by atoms with Crippen molar-refractivity contribution < 1.29 is 4.79 Å². The smallest absolute Gasteiger partial charge is 0.238 e. The maximum absolute atomic E-state index is 12.0. The Morgan fingerprint density at radius 1 is 1.25 bits per heavy atom. The molecule has 110 valence electrons. The summed E-state index contributed by atoms with van der Waals surface area (Å²) < 4.78 is 0. The summed E-state index contributed by atoms with van der Waals surface area (Å²) in [5.74, 6) is 0.0230. The van der Waals surface area contributed by atoms with E-state index in [2.05, 4.69) is 22.0 Å². The molecule has 1 amide bonds. The highest BCUT2D eigenvalue weighted by Crippen LogP contribution is 2.19. The Morgan fingerprint density at radius 2 is 1.90 bits per heavy atom. The first-order valence-electron chi connectivity index (χ1n) is 7.09. The van der Waals surface area contributed by atoms with Crippen LogP contribution in [0.5, 0.6) is 0 Å². The third-order valence-corrected chi connectivity index (χ3v) is 4.14. The van der Waals surface area contributed by atoms with Crippen LogP contribution in [0.3, 0.4) is 0 Å². The molecule has 1 N–H and O–H groups in total. The monoisotopic (exact) mass is 295 g/mol. The third-order valence-electron chi connectivity index (χ3n) is 3.73. The number of nitrogens with one attached hydrogen (secondary N) is 1. The molecule has 4 nitrogen and oxygen atoms in total. The molecule has 20 heavy (non-hydrogen) atoms. The lowest BCUT2D eigenvalue weighted by molar-refractivity contribution is -0.117. The van der Waals surface area contributed by atoms with Crippen molar-refractivity contribution >= 4 is 23.2 Å². The van der Waals surface area contributed by atoms with Crippen LogP contribution in [0.2, 0.25) is 5.02 Å². The van der Waals surface area contributed by atoms with E-state index in [9.17, 15) is 4.79 Å². The molecular weight excluding hydrogens is 274 g/mol. The Bertz CT molecular complexity index is 470. The molecule has 1 saturated heterocycles. The molecule has 1 aliphatic heterocycles. The summed E-state index contributed by atoms with van der Waals surface area (Å²) in [6.07, 6.45) is 0. The summed E-state index contributed by atoms with van der Waals surface area (Å²) in [4.78, 5) is 16.6. The minimum absolute atomic E-state index is 0.0230. The third kappa shape index (κ3) is 4.20. The zero-order valence-electron chi connectivity index (χ0n) is 12.2. The predicted molar refractivity (Wildman–Crippen MR) is 83.4 cm³/mol. The number of anilines is 1. The van der Waals surface area contributed by atoms with Crippen molar-refractivity contribution in [1.29, 1.82) is 0 Å². The van der Waals surface area contributed by atoms with Crippen molar-refractivity contribution in [1.82, 2.24) is 9.80 Å². The minimum atomic E-state index is 0.0230. The summed E-state index contributed by atoms with van der Waals surface area (Å²) >= 11 is 6.05. The molecule has 1 aromatic rings. The Kier molecular flexibility index (Phi) is 5.40. The Balaban J connectivity index is 1.82. The fraction of sp³-hybridized carbons (Fsp3) is 0.533. The highest BCUT2D eigenvalue weighted by molar-refractivity contribution is 6.31. The first-order chi connectivity index (χ1) is 9.58. The highest BCUT2D eigenvalue weighted by Gasteiger charge is 2.17. The van der Waals surface area contributed by atoms with Crippen LogP contribution in [0.4, 0.5) is 5.69 Å². The number of carbonyl (C=O) groups is 1. The van der Waals surface area contributed by atoms with Crippen LogP contribution in [0.15, 0.2) is 18.2 Å². The van der Waals surface area contributed by atoms with Gasteiger partial charge in [-0.2, -0.15) is 0 Å². The summed E-state index contributed by atoms with van der Waals surface area (Å²) in [6, 6.07) is 5.59. The van der Waals surface area contributed by atoms with Gasteiger partial charge in [0.05, 0.1) is 6.54 Å². The Labute approximate surface area is 125 Å². The number of carbonyl (C=O) groups excluding carboxylic acids is 1. The lowest BCUT2D eigenvalue weighted by Gasteiger charge is -2.33. The quantitative estimate of drug-likeness (QED) is 0.925. The van der Waals surface area contributed by atoms with Gasteiger partial charge in [0, 0.05) is 36.9 Å². The number of benzene rings is 1. The van der Waals surface area contributed by atoms with Gasteiger partial charge in [0.2, 0.25) is 5.91 Å². The molecule has 1 fully saturated rings. The number of rotatable bonds is 4. The maximum Gasteiger partial charge on any atom is 0.238 e. The SMILES string of the molecule is CCN1CCN(CC(=O)Nc2ccc(C)c(Cl)c2)CC1. The zero-order valence-corrected chi connectivity index (χ0v) is 12.9. The van der Waals surface area contributed by atoms with Crippen LogP contribution in [-0.2, 0) is 4.79 Å². The van der Waals surface area contributed by atoms with Crippen molar-refractivity contribution in [2.45, 2.75) is 13.8 Å². The van der Waals surface area contributed by atoms with Gasteiger partial charge in [-0.05, 0) is 31.2 Å². The number of aryl methyl sites for hydroxylation is 1. The van der Waals surface area contributed by atoms with E-state index in [1.54, 1.807) is 6.07 Å². The standard InChI is InChI=1S/C15H22ClN3O/c1-3-18-6-8-19(9-7-18)11-15(20)17-13-5-4-12(2)14(16)10-13/h4-5,10H,3,6-9,11H2,1-2H3,(H,17,20). The van der Waals surface area contributed by atoms with E-state index in [1.807, 2.05) is 19.1 Å². The highest BCUT2D eigenvalue weighted by atomic mass is 35.5. The van der Waals surface area contributed by atoms with Crippen molar-refractivity contribution in [3.05, 3.63) is 28.8 Å². The van der Waals surface area contributed by atoms with Gasteiger partial charge in [-0.1, -0.05) is 24.6 Å². The van der Waals surface area contributed by atoms with E-state index in [1.165, 1.54) is 0 Å². The van der Waals surface area contributed by atoms with Crippen molar-refractivity contribution in [3.8, 4) is 0 Å². The molecule has 1 heterocycles. The normalized spacial score (nSPS) is 17.1. The first kappa shape index (κ1) is 15.3. The van der Waals surface area contributed by atoms with Gasteiger partial charge in [0.25, 0.3) is 0 Å². The molecule has 0 unspecified atom stereocenters. The lowest BCUT2D eigenvalue weighted by Crippen LogP contribution is -2.48. The van der Waals surface area contributed by atoms with E-state index in [0.717, 1.165) is 44.0 Å². The predicted octanol–water partition coefficient (Wildman–Crippen LogP) is 2.22. The molecular formula is C15H22ClN3O. The molecule has 1 aromatic carbocycles. The topological polar surface area (TPSA) is 35.6 Å². The van der Waals surface area contributed by atoms with Crippen LogP contribution < -0.4 is 5.32 Å². The molecule has 0 radical (unpaired) electrons. The van der Waals surface area contributed by atoms with Crippen LogP contribution in [0.1, 0.15) is 12.5 Å². The second-order valence-corrected chi connectivity index (χ2v) is 5.63. The van der Waals surface area contributed by atoms with E-state index < -0.39 is 0 Å². The summed E-state index contributed by atoms with van der Waals surface area (Å²) in [6.45, 7) is 9.64. The minimum Gasteiger partial charge on any atom is -0.325 e.